The van der Waals surface area contributed by atoms with Crippen LogP contribution in [-0.4, -0.2) is 49.2 Å². The van der Waals surface area contributed by atoms with Crippen LogP contribution in [0.4, 0.5) is 0 Å². The van der Waals surface area contributed by atoms with Crippen LogP contribution in [0.1, 0.15) is 48.0 Å². The minimum Gasteiger partial charge on any atom is -0.379 e. The molecule has 5 heteroatoms. The monoisotopic (exact) mass is 331 g/mol. The predicted octanol–water partition coefficient (Wildman–Crippen LogP) is 1.91. The van der Waals surface area contributed by atoms with Crippen molar-refractivity contribution in [2.24, 2.45) is 5.73 Å². The van der Waals surface area contributed by atoms with Crippen molar-refractivity contribution in [1.82, 2.24) is 10.2 Å². The third kappa shape index (κ3) is 3.97. The highest BCUT2D eigenvalue weighted by molar-refractivity contribution is 5.94. The lowest BCUT2D eigenvalue weighted by atomic mass is 9.79. The first-order valence-electron chi connectivity index (χ1n) is 9.13. The van der Waals surface area contributed by atoms with Crippen LogP contribution in [0.3, 0.4) is 0 Å². The zero-order valence-corrected chi connectivity index (χ0v) is 14.4. The molecule has 1 aliphatic heterocycles. The molecule has 1 aromatic carbocycles. The third-order valence-corrected chi connectivity index (χ3v) is 5.50. The largest absolute Gasteiger partial charge is 0.379 e. The van der Waals surface area contributed by atoms with E-state index >= 15 is 0 Å². The second kappa shape index (κ2) is 8.10. The molecule has 1 amide bonds. The summed E-state index contributed by atoms with van der Waals surface area (Å²) in [5.74, 6) is 0.0109. The number of hydrogen-bond donors (Lipinski definition) is 2. The number of nitrogens with zero attached hydrogens (tertiary/aromatic N) is 1. The maximum atomic E-state index is 12.5. The molecule has 0 atom stereocenters. The van der Waals surface area contributed by atoms with Gasteiger partial charge in [0.05, 0.1) is 13.2 Å². The highest BCUT2D eigenvalue weighted by Crippen LogP contribution is 2.33. The summed E-state index contributed by atoms with van der Waals surface area (Å²) in [4.78, 5) is 15.1. The van der Waals surface area contributed by atoms with E-state index in [9.17, 15) is 4.79 Å². The predicted molar refractivity (Wildman–Crippen MR) is 94.9 cm³/mol. The van der Waals surface area contributed by atoms with Crippen molar-refractivity contribution < 1.29 is 9.53 Å². The first kappa shape index (κ1) is 17.4. The number of carbonyl (C=O) groups is 1. The molecule has 5 nitrogen and oxygen atoms in total. The minimum atomic E-state index is 0.0109. The van der Waals surface area contributed by atoms with Crippen molar-refractivity contribution in [3.05, 3.63) is 35.4 Å². The molecule has 1 saturated carbocycles. The number of carbonyl (C=O) groups excluding carboxylic acids is 1. The fourth-order valence-corrected chi connectivity index (χ4v) is 3.99. The molecular weight excluding hydrogens is 302 g/mol. The summed E-state index contributed by atoms with van der Waals surface area (Å²) in [5, 5.41) is 3.19. The second-order valence-corrected chi connectivity index (χ2v) is 6.97. The van der Waals surface area contributed by atoms with Crippen LogP contribution in [0.25, 0.3) is 0 Å². The molecule has 0 bridgehead atoms. The van der Waals surface area contributed by atoms with E-state index in [2.05, 4.69) is 10.2 Å². The molecule has 3 rings (SSSR count). The number of benzene rings is 1. The van der Waals surface area contributed by atoms with Gasteiger partial charge in [-0.3, -0.25) is 9.69 Å². The molecule has 3 N–H and O–H groups in total. The molecule has 1 saturated heterocycles. The zero-order chi connectivity index (χ0) is 16.8. The topological polar surface area (TPSA) is 67.6 Å². The molecule has 132 valence electrons. The van der Waals surface area contributed by atoms with E-state index in [-0.39, 0.29) is 11.4 Å². The normalized spacial score (nSPS) is 21.4. The maximum absolute atomic E-state index is 12.5. The van der Waals surface area contributed by atoms with E-state index in [1.807, 2.05) is 24.3 Å². The molecule has 1 aliphatic carbocycles. The van der Waals surface area contributed by atoms with Crippen molar-refractivity contribution in [3.8, 4) is 0 Å². The van der Waals surface area contributed by atoms with Crippen molar-refractivity contribution in [2.75, 3.05) is 32.8 Å². The van der Waals surface area contributed by atoms with Gasteiger partial charge in [0.15, 0.2) is 0 Å². The summed E-state index contributed by atoms with van der Waals surface area (Å²) >= 11 is 0. The van der Waals surface area contributed by atoms with E-state index < -0.39 is 0 Å². The Hall–Kier alpha value is -1.43. The SMILES string of the molecule is NCc1ccc(C(=O)NCC2(N3CCOCC3)CCCCC2)cc1. The summed E-state index contributed by atoms with van der Waals surface area (Å²) in [6.45, 7) is 4.78. The van der Waals surface area contributed by atoms with Gasteiger partial charge in [0.1, 0.15) is 0 Å². The second-order valence-electron chi connectivity index (χ2n) is 6.97. The van der Waals surface area contributed by atoms with Gasteiger partial charge in [-0.25, -0.2) is 0 Å². The number of morpholine rings is 1. The fourth-order valence-electron chi connectivity index (χ4n) is 3.99. The highest BCUT2D eigenvalue weighted by atomic mass is 16.5. The van der Waals surface area contributed by atoms with Crippen LogP contribution < -0.4 is 11.1 Å². The van der Waals surface area contributed by atoms with Crippen molar-refractivity contribution >= 4 is 5.91 Å². The summed E-state index contributed by atoms with van der Waals surface area (Å²) in [5.41, 5.74) is 7.48. The van der Waals surface area contributed by atoms with E-state index in [4.69, 9.17) is 10.5 Å². The molecule has 0 radical (unpaired) electrons. The van der Waals surface area contributed by atoms with Gasteiger partial charge in [-0.1, -0.05) is 31.4 Å². The molecule has 2 fully saturated rings. The van der Waals surface area contributed by atoms with Crippen LogP contribution in [0.5, 0.6) is 0 Å². The summed E-state index contributed by atoms with van der Waals surface area (Å²) < 4.78 is 5.51. The van der Waals surface area contributed by atoms with Gasteiger partial charge in [0.2, 0.25) is 0 Å². The van der Waals surface area contributed by atoms with E-state index in [0.717, 1.165) is 38.4 Å². The Labute approximate surface area is 144 Å². The molecule has 1 heterocycles. The average Bonchev–Trinajstić information content (AvgIpc) is 2.67. The number of ether oxygens (including phenoxy) is 1. The number of rotatable bonds is 5. The Balaban J connectivity index is 1.64. The van der Waals surface area contributed by atoms with Gasteiger partial charge in [0.25, 0.3) is 5.91 Å². The maximum Gasteiger partial charge on any atom is 0.251 e. The van der Waals surface area contributed by atoms with Crippen molar-refractivity contribution in [3.63, 3.8) is 0 Å². The van der Waals surface area contributed by atoms with Gasteiger partial charge >= 0.3 is 0 Å². The van der Waals surface area contributed by atoms with Crippen molar-refractivity contribution in [1.29, 1.82) is 0 Å². The summed E-state index contributed by atoms with van der Waals surface area (Å²) in [7, 11) is 0. The fraction of sp³-hybridized carbons (Fsp3) is 0.632. The Morgan fingerprint density at radius 3 is 2.42 bits per heavy atom. The van der Waals surface area contributed by atoms with Gasteiger partial charge in [-0.05, 0) is 30.5 Å². The summed E-state index contributed by atoms with van der Waals surface area (Å²) in [6, 6.07) is 7.57. The lowest BCUT2D eigenvalue weighted by molar-refractivity contribution is -0.0361. The van der Waals surface area contributed by atoms with Crippen LogP contribution >= 0.6 is 0 Å². The molecule has 1 aromatic rings. The van der Waals surface area contributed by atoms with Crippen LogP contribution in [0.2, 0.25) is 0 Å². The lowest BCUT2D eigenvalue weighted by Gasteiger charge is -2.48. The standard InChI is InChI=1S/C19H29N3O2/c20-14-16-4-6-17(7-5-16)18(23)21-15-19(8-2-1-3-9-19)22-10-12-24-13-11-22/h4-7H,1-3,8-15,20H2,(H,21,23). The molecular formula is C19H29N3O2. The molecule has 0 spiro atoms. The van der Waals surface area contributed by atoms with Gasteiger partial charge < -0.3 is 15.8 Å². The Morgan fingerprint density at radius 1 is 1.12 bits per heavy atom. The number of amides is 1. The highest BCUT2D eigenvalue weighted by Gasteiger charge is 2.38. The van der Waals surface area contributed by atoms with E-state index in [1.165, 1.54) is 32.1 Å². The molecule has 0 aromatic heterocycles. The van der Waals surface area contributed by atoms with Crippen LogP contribution in [0.15, 0.2) is 24.3 Å². The average molecular weight is 331 g/mol. The third-order valence-electron chi connectivity index (χ3n) is 5.50. The molecule has 24 heavy (non-hydrogen) atoms. The van der Waals surface area contributed by atoms with Crippen LogP contribution in [-0.2, 0) is 11.3 Å². The number of nitrogens with two attached hydrogens (primary N) is 1. The Morgan fingerprint density at radius 2 is 1.79 bits per heavy atom. The first-order chi connectivity index (χ1) is 11.7. The van der Waals surface area contributed by atoms with E-state index in [0.29, 0.717) is 12.1 Å². The lowest BCUT2D eigenvalue weighted by Crippen LogP contribution is -2.59. The molecule has 0 unspecified atom stereocenters. The van der Waals surface area contributed by atoms with E-state index in [1.54, 1.807) is 0 Å². The van der Waals surface area contributed by atoms with Crippen LogP contribution in [0, 0.1) is 0 Å². The Bertz CT molecular complexity index is 532. The molecule has 2 aliphatic rings. The minimum absolute atomic E-state index is 0.0109. The Kier molecular flexibility index (Phi) is 5.87. The van der Waals surface area contributed by atoms with Gasteiger partial charge in [-0.15, -0.1) is 0 Å². The zero-order valence-electron chi connectivity index (χ0n) is 14.4. The van der Waals surface area contributed by atoms with Crippen molar-refractivity contribution in [2.45, 2.75) is 44.2 Å². The van der Waals surface area contributed by atoms with Gasteiger partial charge in [0, 0.05) is 37.3 Å². The summed E-state index contributed by atoms with van der Waals surface area (Å²) in [6.07, 6.45) is 6.14. The quantitative estimate of drug-likeness (QED) is 0.865. The number of hydrogen-bond acceptors (Lipinski definition) is 4. The smallest absolute Gasteiger partial charge is 0.251 e. The first-order valence-corrected chi connectivity index (χ1v) is 9.13. The number of nitrogens with one attached hydrogen (secondary N) is 1. The van der Waals surface area contributed by atoms with Gasteiger partial charge in [-0.2, -0.15) is 0 Å².